The highest BCUT2D eigenvalue weighted by Gasteiger charge is 2.18. The summed E-state index contributed by atoms with van der Waals surface area (Å²) in [6.07, 6.45) is 0. The highest BCUT2D eigenvalue weighted by molar-refractivity contribution is 7.09. The Bertz CT molecular complexity index is 1060. The van der Waals surface area contributed by atoms with Crippen LogP contribution in [0.25, 0.3) is 0 Å². The molecule has 0 aliphatic rings. The normalized spacial score (nSPS) is 10.6. The number of aromatic nitrogens is 1. The number of carbonyl (C=O) groups is 2. The first-order chi connectivity index (χ1) is 13.8. The summed E-state index contributed by atoms with van der Waals surface area (Å²) in [5.41, 5.74) is 2.21. The largest absolute Gasteiger partial charge is 0.452 e. The van der Waals surface area contributed by atoms with E-state index in [0.29, 0.717) is 12.1 Å². The van der Waals surface area contributed by atoms with Gasteiger partial charge in [-0.2, -0.15) is 0 Å². The van der Waals surface area contributed by atoms with Crippen LogP contribution in [0.4, 0.5) is 11.4 Å². The number of aryl methyl sites for hydroxylation is 1. The molecule has 0 atom stereocenters. The molecule has 8 nitrogen and oxygen atoms in total. The minimum Gasteiger partial charge on any atom is -0.452 e. The lowest BCUT2D eigenvalue weighted by Crippen LogP contribution is -2.21. The first kappa shape index (κ1) is 20.3. The minimum absolute atomic E-state index is 0.141. The molecule has 3 aromatic rings. The molecule has 3 rings (SSSR count). The molecule has 0 saturated heterocycles. The lowest BCUT2D eigenvalue weighted by molar-refractivity contribution is -0.384. The van der Waals surface area contributed by atoms with Crippen molar-refractivity contribution in [2.75, 3.05) is 11.9 Å². The summed E-state index contributed by atoms with van der Waals surface area (Å²) in [6, 6.07) is 11.3. The summed E-state index contributed by atoms with van der Waals surface area (Å²) in [5, 5.41) is 15.3. The number of anilines is 1. The predicted octanol–water partition coefficient (Wildman–Crippen LogP) is 3.92. The molecule has 2 heterocycles. The molecule has 29 heavy (non-hydrogen) atoms. The number of rotatable bonds is 7. The fourth-order valence-electron chi connectivity index (χ4n) is 2.91. The van der Waals surface area contributed by atoms with Crippen LogP contribution in [0.15, 0.2) is 47.8 Å². The molecule has 0 aliphatic carbocycles. The highest BCUT2D eigenvalue weighted by Crippen LogP contribution is 2.20. The van der Waals surface area contributed by atoms with Gasteiger partial charge in [-0.25, -0.2) is 4.79 Å². The third kappa shape index (κ3) is 4.88. The van der Waals surface area contributed by atoms with Gasteiger partial charge in [0.2, 0.25) is 0 Å². The standard InChI is InChI=1S/C20H19N3O5S/c1-13-9-18(14(2)22(13)11-17-7-4-8-29-17)20(25)28-12-19(24)21-15-5-3-6-16(10-15)23(26)27/h3-10H,11-12H2,1-2H3,(H,21,24). The Morgan fingerprint density at radius 3 is 2.69 bits per heavy atom. The molecule has 0 fully saturated rings. The number of nitro benzene ring substituents is 1. The second kappa shape index (κ2) is 8.70. The molecule has 0 spiro atoms. The molecule has 1 N–H and O–H groups in total. The number of nitrogens with zero attached hydrogens (tertiary/aromatic N) is 2. The minimum atomic E-state index is -0.593. The number of benzene rings is 1. The van der Waals surface area contributed by atoms with E-state index in [1.54, 1.807) is 17.4 Å². The number of nitrogens with one attached hydrogen (secondary N) is 1. The van der Waals surface area contributed by atoms with Gasteiger partial charge in [0.25, 0.3) is 11.6 Å². The smallest absolute Gasteiger partial charge is 0.340 e. The number of hydrogen-bond acceptors (Lipinski definition) is 6. The predicted molar refractivity (Wildman–Crippen MR) is 109 cm³/mol. The molecule has 9 heteroatoms. The first-order valence-electron chi connectivity index (χ1n) is 8.75. The topological polar surface area (TPSA) is 103 Å². The number of nitro groups is 1. The van der Waals surface area contributed by atoms with Crippen molar-refractivity contribution < 1.29 is 19.2 Å². The van der Waals surface area contributed by atoms with Crippen molar-refractivity contribution in [3.8, 4) is 0 Å². The molecule has 1 aromatic carbocycles. The number of non-ortho nitro benzene ring substituents is 1. The Labute approximate surface area is 170 Å². The molecular weight excluding hydrogens is 394 g/mol. The number of amides is 1. The van der Waals surface area contributed by atoms with E-state index in [-0.39, 0.29) is 11.4 Å². The van der Waals surface area contributed by atoms with Crippen molar-refractivity contribution >= 4 is 34.6 Å². The lowest BCUT2D eigenvalue weighted by atomic mass is 10.2. The van der Waals surface area contributed by atoms with Crippen LogP contribution < -0.4 is 5.32 Å². The van der Waals surface area contributed by atoms with Crippen LogP contribution in [-0.2, 0) is 16.1 Å². The molecule has 150 valence electrons. The maximum atomic E-state index is 12.4. The van der Waals surface area contributed by atoms with Crippen LogP contribution in [0.5, 0.6) is 0 Å². The molecular formula is C20H19N3O5S. The summed E-state index contributed by atoms with van der Waals surface area (Å²) in [4.78, 5) is 35.9. The van der Waals surface area contributed by atoms with E-state index in [1.807, 2.05) is 35.9 Å². The fraction of sp³-hybridized carbons (Fsp3) is 0.200. The van der Waals surface area contributed by atoms with Gasteiger partial charge in [0.15, 0.2) is 6.61 Å². The van der Waals surface area contributed by atoms with Gasteiger partial charge >= 0.3 is 5.97 Å². The average Bonchev–Trinajstić information content (AvgIpc) is 3.30. The van der Waals surface area contributed by atoms with Crippen molar-refractivity contribution in [3.63, 3.8) is 0 Å². The molecule has 1 amide bonds. The maximum absolute atomic E-state index is 12.4. The molecule has 0 aliphatic heterocycles. The van der Waals surface area contributed by atoms with E-state index in [2.05, 4.69) is 5.32 Å². The van der Waals surface area contributed by atoms with Crippen molar-refractivity contribution in [2.45, 2.75) is 20.4 Å². The van der Waals surface area contributed by atoms with E-state index in [9.17, 15) is 19.7 Å². The van der Waals surface area contributed by atoms with Gasteiger partial charge in [0, 0.05) is 34.1 Å². The maximum Gasteiger partial charge on any atom is 0.340 e. The second-order valence-corrected chi connectivity index (χ2v) is 7.41. The zero-order chi connectivity index (χ0) is 21.0. The Morgan fingerprint density at radius 1 is 1.21 bits per heavy atom. The lowest BCUT2D eigenvalue weighted by Gasteiger charge is -2.09. The second-order valence-electron chi connectivity index (χ2n) is 6.38. The van der Waals surface area contributed by atoms with Gasteiger partial charge in [-0.15, -0.1) is 11.3 Å². The zero-order valence-corrected chi connectivity index (χ0v) is 16.7. The summed E-state index contributed by atoms with van der Waals surface area (Å²) >= 11 is 1.64. The summed E-state index contributed by atoms with van der Waals surface area (Å²) in [6.45, 7) is 3.92. The van der Waals surface area contributed by atoms with Crippen molar-refractivity contribution in [1.82, 2.24) is 4.57 Å². The van der Waals surface area contributed by atoms with E-state index < -0.39 is 23.4 Å². The van der Waals surface area contributed by atoms with Crippen molar-refractivity contribution in [2.24, 2.45) is 0 Å². The third-order valence-electron chi connectivity index (χ3n) is 4.36. The van der Waals surface area contributed by atoms with Crippen LogP contribution in [-0.4, -0.2) is 28.0 Å². The number of esters is 1. The summed E-state index contributed by atoms with van der Waals surface area (Å²) in [7, 11) is 0. The molecule has 0 bridgehead atoms. The van der Waals surface area contributed by atoms with E-state index in [0.717, 1.165) is 11.4 Å². The Kier molecular flexibility index (Phi) is 6.08. The SMILES string of the molecule is Cc1cc(C(=O)OCC(=O)Nc2cccc([N+](=O)[O-])c2)c(C)n1Cc1cccs1. The van der Waals surface area contributed by atoms with Gasteiger partial charge in [-0.3, -0.25) is 14.9 Å². The van der Waals surface area contributed by atoms with E-state index in [4.69, 9.17) is 4.74 Å². The third-order valence-corrected chi connectivity index (χ3v) is 5.22. The fourth-order valence-corrected chi connectivity index (χ4v) is 3.61. The highest BCUT2D eigenvalue weighted by atomic mass is 32.1. The van der Waals surface area contributed by atoms with Gasteiger partial charge in [-0.05, 0) is 37.4 Å². The summed E-state index contributed by atoms with van der Waals surface area (Å²) in [5.74, 6) is -1.17. The Hall–Kier alpha value is -3.46. The molecule has 0 radical (unpaired) electrons. The molecule has 0 unspecified atom stereocenters. The molecule has 2 aromatic heterocycles. The zero-order valence-electron chi connectivity index (χ0n) is 15.9. The Morgan fingerprint density at radius 2 is 2.00 bits per heavy atom. The van der Waals surface area contributed by atoms with Crippen LogP contribution in [0.1, 0.15) is 26.6 Å². The quantitative estimate of drug-likeness (QED) is 0.359. The van der Waals surface area contributed by atoms with E-state index >= 15 is 0 Å². The Balaban J connectivity index is 1.61. The average molecular weight is 413 g/mol. The van der Waals surface area contributed by atoms with Crippen LogP contribution >= 0.6 is 11.3 Å². The summed E-state index contributed by atoms with van der Waals surface area (Å²) < 4.78 is 7.15. The number of ether oxygens (including phenoxy) is 1. The number of hydrogen-bond donors (Lipinski definition) is 1. The van der Waals surface area contributed by atoms with Gasteiger partial charge < -0.3 is 14.6 Å². The van der Waals surface area contributed by atoms with Crippen LogP contribution in [0.2, 0.25) is 0 Å². The van der Waals surface area contributed by atoms with Crippen molar-refractivity contribution in [3.05, 3.63) is 79.8 Å². The van der Waals surface area contributed by atoms with E-state index in [1.165, 1.54) is 29.1 Å². The molecule has 0 saturated carbocycles. The first-order valence-corrected chi connectivity index (χ1v) is 9.63. The van der Waals surface area contributed by atoms with Gasteiger partial charge in [0.05, 0.1) is 17.0 Å². The monoisotopic (exact) mass is 413 g/mol. The van der Waals surface area contributed by atoms with Crippen LogP contribution in [0.3, 0.4) is 0 Å². The van der Waals surface area contributed by atoms with Gasteiger partial charge in [-0.1, -0.05) is 12.1 Å². The van der Waals surface area contributed by atoms with Crippen LogP contribution in [0, 0.1) is 24.0 Å². The number of carbonyl (C=O) groups excluding carboxylic acids is 2. The van der Waals surface area contributed by atoms with Crippen molar-refractivity contribution in [1.29, 1.82) is 0 Å². The van der Waals surface area contributed by atoms with Gasteiger partial charge in [0.1, 0.15) is 0 Å². The number of thiophene rings is 1.